The first-order valence-electron chi connectivity index (χ1n) is 7.98. The predicted molar refractivity (Wildman–Crippen MR) is 93.5 cm³/mol. The van der Waals surface area contributed by atoms with E-state index in [2.05, 4.69) is 15.1 Å². The summed E-state index contributed by atoms with van der Waals surface area (Å²) in [4.78, 5) is 7.44. The van der Waals surface area contributed by atoms with Gasteiger partial charge >= 0.3 is 6.18 Å². The van der Waals surface area contributed by atoms with Gasteiger partial charge in [0.2, 0.25) is 0 Å². The van der Waals surface area contributed by atoms with Gasteiger partial charge in [0, 0.05) is 47.2 Å². The number of rotatable bonds is 2. The number of hydrogen-bond acceptors (Lipinski definition) is 2. The van der Waals surface area contributed by atoms with Gasteiger partial charge in [0.25, 0.3) is 0 Å². The van der Waals surface area contributed by atoms with E-state index in [0.29, 0.717) is 11.3 Å². The van der Waals surface area contributed by atoms with Crippen molar-refractivity contribution in [2.24, 2.45) is 7.05 Å². The van der Waals surface area contributed by atoms with Gasteiger partial charge in [-0.05, 0) is 42.8 Å². The molecule has 3 heterocycles. The number of nitrogens with one attached hydrogen (secondary N) is 1. The number of pyridine rings is 1. The van der Waals surface area contributed by atoms with Crippen molar-refractivity contribution in [2.45, 2.75) is 13.1 Å². The van der Waals surface area contributed by atoms with Crippen molar-refractivity contribution >= 4 is 10.9 Å². The highest BCUT2D eigenvalue weighted by Gasteiger charge is 2.34. The van der Waals surface area contributed by atoms with Crippen LogP contribution in [-0.4, -0.2) is 19.7 Å². The molecule has 0 saturated heterocycles. The molecule has 0 spiro atoms. The molecule has 0 fully saturated rings. The van der Waals surface area contributed by atoms with Crippen LogP contribution >= 0.6 is 0 Å². The number of aryl methyl sites for hydroxylation is 2. The first kappa shape index (κ1) is 16.4. The number of nitrogens with zero attached hydrogens (tertiary/aromatic N) is 3. The van der Waals surface area contributed by atoms with Crippen molar-refractivity contribution < 1.29 is 13.2 Å². The summed E-state index contributed by atoms with van der Waals surface area (Å²) >= 11 is 0. The molecule has 0 atom stereocenters. The molecule has 7 heteroatoms. The average molecular weight is 356 g/mol. The molecule has 0 aliphatic rings. The van der Waals surface area contributed by atoms with E-state index in [1.54, 1.807) is 18.5 Å². The number of alkyl halides is 3. The van der Waals surface area contributed by atoms with Gasteiger partial charge < -0.3 is 4.98 Å². The molecule has 1 aromatic carbocycles. The zero-order chi connectivity index (χ0) is 18.5. The van der Waals surface area contributed by atoms with E-state index in [9.17, 15) is 13.2 Å². The van der Waals surface area contributed by atoms with Crippen LogP contribution in [0.2, 0.25) is 0 Å². The molecule has 3 aromatic heterocycles. The van der Waals surface area contributed by atoms with Gasteiger partial charge in [0.15, 0.2) is 5.69 Å². The van der Waals surface area contributed by atoms with E-state index >= 15 is 0 Å². The van der Waals surface area contributed by atoms with Crippen LogP contribution in [0.1, 0.15) is 11.3 Å². The van der Waals surface area contributed by atoms with Crippen LogP contribution in [0.4, 0.5) is 13.2 Å². The first-order valence-corrected chi connectivity index (χ1v) is 7.98. The Bertz CT molecular complexity index is 1110. The Kier molecular flexibility index (Phi) is 3.61. The Balaban J connectivity index is 1.80. The summed E-state index contributed by atoms with van der Waals surface area (Å²) in [5, 5.41) is 4.50. The van der Waals surface area contributed by atoms with Crippen LogP contribution < -0.4 is 0 Å². The number of hydrogen-bond donors (Lipinski definition) is 1. The average Bonchev–Trinajstić information content (AvgIpc) is 3.17. The molecule has 1 N–H and O–H groups in total. The van der Waals surface area contributed by atoms with Gasteiger partial charge in [-0.2, -0.15) is 18.3 Å². The van der Waals surface area contributed by atoms with Gasteiger partial charge in [-0.1, -0.05) is 6.07 Å². The third-order valence-corrected chi connectivity index (χ3v) is 4.40. The maximum Gasteiger partial charge on any atom is 0.435 e. The smallest absolute Gasteiger partial charge is 0.355 e. The largest absolute Gasteiger partial charge is 0.435 e. The number of benzene rings is 1. The number of H-pyrrole nitrogens is 1. The molecule has 0 unspecified atom stereocenters. The lowest BCUT2D eigenvalue weighted by Gasteiger charge is -2.01. The zero-order valence-corrected chi connectivity index (χ0v) is 14.1. The normalized spacial score (nSPS) is 12.0. The molecular weight excluding hydrogens is 341 g/mol. The summed E-state index contributed by atoms with van der Waals surface area (Å²) in [5.74, 6) is 0. The quantitative estimate of drug-likeness (QED) is 0.552. The minimum atomic E-state index is -4.46. The van der Waals surface area contributed by atoms with Crippen LogP contribution in [0, 0.1) is 6.92 Å². The summed E-state index contributed by atoms with van der Waals surface area (Å²) < 4.78 is 39.9. The number of halogens is 3. The maximum absolute atomic E-state index is 12.9. The van der Waals surface area contributed by atoms with E-state index in [-0.39, 0.29) is 0 Å². The first-order chi connectivity index (χ1) is 12.3. The van der Waals surface area contributed by atoms with Crippen LogP contribution in [0.25, 0.3) is 33.4 Å². The van der Waals surface area contributed by atoms with Crippen molar-refractivity contribution in [2.75, 3.05) is 0 Å². The van der Waals surface area contributed by atoms with Crippen molar-refractivity contribution in [3.05, 3.63) is 60.0 Å². The van der Waals surface area contributed by atoms with E-state index in [0.717, 1.165) is 33.8 Å². The predicted octanol–water partition coefficient (Wildman–Crippen LogP) is 4.96. The van der Waals surface area contributed by atoms with E-state index in [4.69, 9.17) is 0 Å². The molecule has 4 aromatic rings. The molecule has 26 heavy (non-hydrogen) atoms. The second-order valence-corrected chi connectivity index (χ2v) is 6.21. The minimum Gasteiger partial charge on any atom is -0.355 e. The van der Waals surface area contributed by atoms with Gasteiger partial charge in [0.1, 0.15) is 0 Å². The number of fused-ring (bicyclic) bond motifs is 1. The second kappa shape index (κ2) is 5.72. The van der Waals surface area contributed by atoms with Crippen molar-refractivity contribution in [3.8, 4) is 22.5 Å². The lowest BCUT2D eigenvalue weighted by Crippen LogP contribution is -2.06. The molecule has 0 radical (unpaired) electrons. The third kappa shape index (κ3) is 2.75. The second-order valence-electron chi connectivity index (χ2n) is 6.21. The van der Waals surface area contributed by atoms with Crippen LogP contribution in [0.5, 0.6) is 0 Å². The lowest BCUT2D eigenvalue weighted by atomic mass is 10.1. The number of aromatic nitrogens is 4. The SMILES string of the molecule is Cc1cnccc1-c1cc2cc(-c3cc(C(F)(F)F)nn3C)ccc2[nH]1. The molecule has 0 amide bonds. The Hall–Kier alpha value is -3.09. The highest BCUT2D eigenvalue weighted by Crippen LogP contribution is 2.33. The van der Waals surface area contributed by atoms with Gasteiger partial charge in [-0.3, -0.25) is 9.67 Å². The fraction of sp³-hybridized carbons (Fsp3) is 0.158. The third-order valence-electron chi connectivity index (χ3n) is 4.40. The molecule has 0 aliphatic heterocycles. The van der Waals surface area contributed by atoms with Crippen molar-refractivity contribution in [1.82, 2.24) is 19.7 Å². The minimum absolute atomic E-state index is 0.419. The topological polar surface area (TPSA) is 46.5 Å². The Morgan fingerprint density at radius 3 is 2.58 bits per heavy atom. The Morgan fingerprint density at radius 1 is 1.08 bits per heavy atom. The van der Waals surface area contributed by atoms with Crippen LogP contribution in [0.15, 0.2) is 48.8 Å². The fourth-order valence-electron chi connectivity index (χ4n) is 3.09. The van der Waals surface area contributed by atoms with Crippen molar-refractivity contribution in [3.63, 3.8) is 0 Å². The summed E-state index contributed by atoms with van der Waals surface area (Å²) in [5.41, 5.74) is 4.15. The molecule has 132 valence electrons. The number of aromatic amines is 1. The monoisotopic (exact) mass is 356 g/mol. The Labute approximate surface area is 147 Å². The van der Waals surface area contributed by atoms with Gasteiger partial charge in [-0.15, -0.1) is 0 Å². The van der Waals surface area contributed by atoms with Gasteiger partial charge in [0.05, 0.1) is 5.69 Å². The maximum atomic E-state index is 12.9. The Morgan fingerprint density at radius 2 is 1.88 bits per heavy atom. The zero-order valence-electron chi connectivity index (χ0n) is 14.1. The van der Waals surface area contributed by atoms with Crippen LogP contribution in [0.3, 0.4) is 0 Å². The molecule has 0 aliphatic carbocycles. The molecule has 0 bridgehead atoms. The van der Waals surface area contributed by atoms with Gasteiger partial charge in [-0.25, -0.2) is 0 Å². The summed E-state index contributed by atoms with van der Waals surface area (Å²) in [6.07, 6.45) is -0.936. The fourth-order valence-corrected chi connectivity index (χ4v) is 3.09. The van der Waals surface area contributed by atoms with E-state index in [1.807, 2.05) is 31.2 Å². The standard InChI is InChI=1S/C19H15F3N4/c1-11-10-23-6-5-14(11)16-8-13-7-12(3-4-15(13)24-16)17-9-18(19(20,21)22)25-26(17)2/h3-10,24H,1-2H3. The van der Waals surface area contributed by atoms with Crippen LogP contribution in [-0.2, 0) is 13.2 Å². The highest BCUT2D eigenvalue weighted by molar-refractivity contribution is 5.89. The van der Waals surface area contributed by atoms with E-state index in [1.165, 1.54) is 11.7 Å². The lowest BCUT2D eigenvalue weighted by molar-refractivity contribution is -0.141. The summed E-state index contributed by atoms with van der Waals surface area (Å²) in [6, 6.07) is 10.5. The summed E-state index contributed by atoms with van der Waals surface area (Å²) in [6.45, 7) is 1.98. The molecule has 4 nitrogen and oxygen atoms in total. The molecular formula is C19H15F3N4. The molecule has 0 saturated carbocycles. The summed E-state index contributed by atoms with van der Waals surface area (Å²) in [7, 11) is 1.51. The van der Waals surface area contributed by atoms with E-state index < -0.39 is 11.9 Å². The van der Waals surface area contributed by atoms with Crippen molar-refractivity contribution in [1.29, 1.82) is 0 Å². The highest BCUT2D eigenvalue weighted by atomic mass is 19.4. The molecule has 4 rings (SSSR count).